The maximum absolute atomic E-state index is 9.76. The number of rotatable bonds is 5. The molecule has 106 valence electrons. The van der Waals surface area contributed by atoms with Gasteiger partial charge in [-0.3, -0.25) is 0 Å². The van der Waals surface area contributed by atoms with Gasteiger partial charge in [0, 0.05) is 0 Å². The second-order valence-electron chi connectivity index (χ2n) is 4.49. The SMILES string of the molecule is OC[C@H](O)[C@H]1O[C@H](O)[C@H](O)[C@@H]1OCc1ccccc1. The maximum Gasteiger partial charge on any atom is 0.184 e. The Hall–Kier alpha value is -1.02. The normalized spacial score (nSPS) is 32.4. The highest BCUT2D eigenvalue weighted by molar-refractivity contribution is 5.13. The molecule has 1 saturated heterocycles. The van der Waals surface area contributed by atoms with Gasteiger partial charge in [0.15, 0.2) is 6.29 Å². The molecule has 0 saturated carbocycles. The summed E-state index contributed by atoms with van der Waals surface area (Å²) in [7, 11) is 0. The first-order chi connectivity index (χ1) is 9.13. The van der Waals surface area contributed by atoms with Crippen molar-refractivity contribution in [1.82, 2.24) is 0 Å². The van der Waals surface area contributed by atoms with E-state index < -0.39 is 37.3 Å². The topological polar surface area (TPSA) is 99.4 Å². The van der Waals surface area contributed by atoms with E-state index in [0.29, 0.717) is 0 Å². The Morgan fingerprint density at radius 1 is 1.21 bits per heavy atom. The monoisotopic (exact) mass is 270 g/mol. The molecule has 0 unspecified atom stereocenters. The molecule has 0 bridgehead atoms. The zero-order valence-electron chi connectivity index (χ0n) is 10.3. The summed E-state index contributed by atoms with van der Waals surface area (Å²) in [5.41, 5.74) is 0.897. The van der Waals surface area contributed by atoms with Gasteiger partial charge in [-0.1, -0.05) is 30.3 Å². The minimum atomic E-state index is -1.42. The van der Waals surface area contributed by atoms with Crippen LogP contribution in [0.4, 0.5) is 0 Å². The van der Waals surface area contributed by atoms with Crippen molar-refractivity contribution in [2.45, 2.75) is 37.3 Å². The lowest BCUT2D eigenvalue weighted by Gasteiger charge is -2.23. The zero-order valence-corrected chi connectivity index (χ0v) is 10.3. The Bertz CT molecular complexity index is 384. The predicted molar refractivity (Wildman–Crippen MR) is 65.0 cm³/mol. The van der Waals surface area contributed by atoms with Crippen LogP contribution in [0.3, 0.4) is 0 Å². The van der Waals surface area contributed by atoms with E-state index in [9.17, 15) is 15.3 Å². The van der Waals surface area contributed by atoms with Gasteiger partial charge in [0.05, 0.1) is 13.2 Å². The van der Waals surface area contributed by atoms with Crippen molar-refractivity contribution in [3.63, 3.8) is 0 Å². The molecule has 6 heteroatoms. The van der Waals surface area contributed by atoms with Crippen molar-refractivity contribution in [2.24, 2.45) is 0 Å². The molecule has 0 aliphatic carbocycles. The molecule has 1 aliphatic heterocycles. The van der Waals surface area contributed by atoms with Crippen LogP contribution in [0.25, 0.3) is 0 Å². The fourth-order valence-electron chi connectivity index (χ4n) is 2.05. The summed E-state index contributed by atoms with van der Waals surface area (Å²) in [4.78, 5) is 0. The largest absolute Gasteiger partial charge is 0.394 e. The van der Waals surface area contributed by atoms with Crippen LogP contribution in [-0.4, -0.2) is 57.7 Å². The number of hydrogen-bond acceptors (Lipinski definition) is 6. The summed E-state index contributed by atoms with van der Waals surface area (Å²) >= 11 is 0. The van der Waals surface area contributed by atoms with Crippen molar-refractivity contribution in [2.75, 3.05) is 6.61 Å². The van der Waals surface area contributed by atoms with Crippen LogP contribution in [0, 0.1) is 0 Å². The van der Waals surface area contributed by atoms with Crippen LogP contribution in [0.1, 0.15) is 5.56 Å². The first kappa shape index (κ1) is 14.4. The highest BCUT2D eigenvalue weighted by Gasteiger charge is 2.46. The lowest BCUT2D eigenvalue weighted by molar-refractivity contribution is -0.151. The standard InChI is InChI=1S/C13H18O6/c14-6-9(15)11-12(10(16)13(17)19-11)18-7-8-4-2-1-3-5-8/h1-5,9-17H,6-7H2/t9-,10+,11+,12-,13-/m0/s1. The Balaban J connectivity index is 1.99. The van der Waals surface area contributed by atoms with Gasteiger partial charge in [-0.15, -0.1) is 0 Å². The smallest absolute Gasteiger partial charge is 0.184 e. The molecule has 6 nitrogen and oxygen atoms in total. The van der Waals surface area contributed by atoms with Gasteiger partial charge in [0.25, 0.3) is 0 Å². The Morgan fingerprint density at radius 2 is 1.89 bits per heavy atom. The number of aliphatic hydroxyl groups is 4. The summed E-state index contributed by atoms with van der Waals surface area (Å²) in [6.07, 6.45) is -5.74. The van der Waals surface area contributed by atoms with Crippen LogP contribution in [0.5, 0.6) is 0 Å². The molecule has 0 amide bonds. The minimum Gasteiger partial charge on any atom is -0.394 e. The second kappa shape index (κ2) is 6.42. The molecule has 0 aromatic heterocycles. The van der Waals surface area contributed by atoms with Gasteiger partial charge < -0.3 is 29.9 Å². The van der Waals surface area contributed by atoms with Crippen LogP contribution in [0.15, 0.2) is 30.3 Å². The molecule has 1 aromatic rings. The molecular weight excluding hydrogens is 252 g/mol. The van der Waals surface area contributed by atoms with Crippen molar-refractivity contribution < 1.29 is 29.9 Å². The van der Waals surface area contributed by atoms with Gasteiger partial charge in [-0.2, -0.15) is 0 Å². The van der Waals surface area contributed by atoms with E-state index in [1.54, 1.807) is 0 Å². The maximum atomic E-state index is 9.76. The minimum absolute atomic E-state index is 0.216. The first-order valence-corrected chi connectivity index (χ1v) is 6.09. The summed E-state index contributed by atoms with van der Waals surface area (Å²) in [6, 6.07) is 9.30. The van der Waals surface area contributed by atoms with Gasteiger partial charge in [0.2, 0.25) is 0 Å². The third-order valence-corrected chi connectivity index (χ3v) is 3.10. The lowest BCUT2D eigenvalue weighted by Crippen LogP contribution is -2.42. The lowest BCUT2D eigenvalue weighted by atomic mass is 10.1. The second-order valence-corrected chi connectivity index (χ2v) is 4.49. The van der Waals surface area contributed by atoms with Gasteiger partial charge in [-0.05, 0) is 5.56 Å². The van der Waals surface area contributed by atoms with E-state index in [0.717, 1.165) is 5.56 Å². The van der Waals surface area contributed by atoms with E-state index >= 15 is 0 Å². The average Bonchev–Trinajstić information content (AvgIpc) is 2.73. The first-order valence-electron chi connectivity index (χ1n) is 6.09. The van der Waals surface area contributed by atoms with E-state index in [1.807, 2.05) is 30.3 Å². The molecule has 1 aliphatic rings. The fourth-order valence-corrected chi connectivity index (χ4v) is 2.05. The van der Waals surface area contributed by atoms with Gasteiger partial charge in [0.1, 0.15) is 24.4 Å². The molecule has 2 rings (SSSR count). The van der Waals surface area contributed by atoms with Crippen molar-refractivity contribution in [3.05, 3.63) is 35.9 Å². The molecule has 5 atom stereocenters. The van der Waals surface area contributed by atoms with Crippen LogP contribution in [-0.2, 0) is 16.1 Å². The number of ether oxygens (including phenoxy) is 2. The highest BCUT2D eigenvalue weighted by atomic mass is 16.7. The number of aliphatic hydroxyl groups excluding tert-OH is 4. The predicted octanol–water partition coefficient (Wildman–Crippen LogP) is -0.997. The molecule has 4 N–H and O–H groups in total. The van der Waals surface area contributed by atoms with Gasteiger partial charge >= 0.3 is 0 Å². The van der Waals surface area contributed by atoms with E-state index in [2.05, 4.69) is 0 Å². The average molecular weight is 270 g/mol. The molecule has 0 spiro atoms. The third-order valence-electron chi connectivity index (χ3n) is 3.10. The molecule has 1 heterocycles. The Kier molecular flexibility index (Phi) is 4.87. The van der Waals surface area contributed by atoms with Crippen molar-refractivity contribution in [3.8, 4) is 0 Å². The molecule has 1 aromatic carbocycles. The molecular formula is C13H18O6. The zero-order chi connectivity index (χ0) is 13.8. The van der Waals surface area contributed by atoms with Gasteiger partial charge in [-0.25, -0.2) is 0 Å². The number of hydrogen-bond donors (Lipinski definition) is 4. The fraction of sp³-hybridized carbons (Fsp3) is 0.538. The molecule has 19 heavy (non-hydrogen) atoms. The summed E-state index contributed by atoms with van der Waals surface area (Å²) < 4.78 is 10.5. The van der Waals surface area contributed by atoms with Crippen LogP contribution >= 0.6 is 0 Å². The van der Waals surface area contributed by atoms with Crippen molar-refractivity contribution >= 4 is 0 Å². The Morgan fingerprint density at radius 3 is 2.53 bits per heavy atom. The molecule has 0 radical (unpaired) electrons. The van der Waals surface area contributed by atoms with Crippen LogP contribution < -0.4 is 0 Å². The highest BCUT2D eigenvalue weighted by Crippen LogP contribution is 2.25. The summed E-state index contributed by atoms with van der Waals surface area (Å²) in [6.45, 7) is -0.317. The quantitative estimate of drug-likeness (QED) is 0.548. The molecule has 1 fully saturated rings. The third kappa shape index (κ3) is 3.30. The summed E-state index contributed by atoms with van der Waals surface area (Å²) in [5, 5.41) is 37.7. The van der Waals surface area contributed by atoms with Crippen LogP contribution in [0.2, 0.25) is 0 Å². The number of benzene rings is 1. The Labute approximate surface area is 110 Å². The summed E-state index contributed by atoms with van der Waals surface area (Å²) in [5.74, 6) is 0. The van der Waals surface area contributed by atoms with E-state index in [1.165, 1.54) is 0 Å². The van der Waals surface area contributed by atoms with E-state index in [4.69, 9.17) is 14.6 Å². The van der Waals surface area contributed by atoms with Crippen molar-refractivity contribution in [1.29, 1.82) is 0 Å². The van der Waals surface area contributed by atoms with E-state index in [-0.39, 0.29) is 6.61 Å².